The molecule has 0 aliphatic heterocycles. The molecule has 0 aliphatic rings. The number of ether oxygens (including phenoxy) is 2. The zero-order valence-electron chi connectivity index (χ0n) is 14.3. The van der Waals surface area contributed by atoms with Crippen molar-refractivity contribution in [2.75, 3.05) is 14.2 Å². The van der Waals surface area contributed by atoms with Gasteiger partial charge in [0.25, 0.3) is 5.69 Å². The van der Waals surface area contributed by atoms with Crippen molar-refractivity contribution in [3.8, 4) is 17.2 Å². The monoisotopic (exact) mass is 371 g/mol. The summed E-state index contributed by atoms with van der Waals surface area (Å²) in [6.45, 7) is 0. The van der Waals surface area contributed by atoms with E-state index in [4.69, 9.17) is 9.47 Å². The normalized spacial score (nSPS) is 10.5. The molecule has 134 valence electrons. The zero-order chi connectivity index (χ0) is 18.5. The molecule has 0 aliphatic carbocycles. The van der Waals surface area contributed by atoms with Gasteiger partial charge in [0.05, 0.1) is 24.8 Å². The molecule has 0 unspecified atom stereocenters. The third-order valence-electron chi connectivity index (χ3n) is 3.77. The van der Waals surface area contributed by atoms with Gasteiger partial charge in [0.2, 0.25) is 0 Å². The maximum atomic E-state index is 11.0. The second-order valence-corrected chi connectivity index (χ2v) is 6.27. The van der Waals surface area contributed by atoms with Crippen molar-refractivity contribution in [3.05, 3.63) is 70.5 Å². The summed E-state index contributed by atoms with van der Waals surface area (Å²) in [4.78, 5) is 15.0. The van der Waals surface area contributed by atoms with Crippen LogP contribution >= 0.6 is 11.8 Å². The van der Waals surface area contributed by atoms with E-state index in [9.17, 15) is 10.1 Å². The number of imidazole rings is 1. The first-order valence-corrected chi connectivity index (χ1v) is 8.73. The SMILES string of the molecule is COc1cccc(-n2ccnc2SCc2cc([N+](=O)[O-])ccc2OC)c1. The molecule has 8 heteroatoms. The summed E-state index contributed by atoms with van der Waals surface area (Å²) in [5.41, 5.74) is 1.71. The highest BCUT2D eigenvalue weighted by atomic mass is 32.2. The fourth-order valence-corrected chi connectivity index (χ4v) is 3.44. The van der Waals surface area contributed by atoms with Crippen LogP contribution in [0.4, 0.5) is 5.69 Å². The van der Waals surface area contributed by atoms with Crippen LogP contribution in [0.2, 0.25) is 0 Å². The van der Waals surface area contributed by atoms with E-state index < -0.39 is 4.92 Å². The first kappa shape index (κ1) is 17.8. The number of non-ortho nitro benzene ring substituents is 1. The lowest BCUT2D eigenvalue weighted by atomic mass is 10.2. The largest absolute Gasteiger partial charge is 0.497 e. The van der Waals surface area contributed by atoms with Gasteiger partial charge in [-0.05, 0) is 18.2 Å². The molecule has 0 saturated carbocycles. The Bertz CT molecular complexity index is 926. The molecule has 0 N–H and O–H groups in total. The van der Waals surface area contributed by atoms with Crippen LogP contribution in [0.5, 0.6) is 11.5 Å². The summed E-state index contributed by atoms with van der Waals surface area (Å²) in [6, 6.07) is 12.2. The first-order valence-electron chi connectivity index (χ1n) is 7.74. The zero-order valence-corrected chi connectivity index (χ0v) is 15.1. The highest BCUT2D eigenvalue weighted by Gasteiger charge is 2.13. The summed E-state index contributed by atoms with van der Waals surface area (Å²) >= 11 is 1.47. The van der Waals surface area contributed by atoms with Gasteiger partial charge >= 0.3 is 0 Å². The lowest BCUT2D eigenvalue weighted by Crippen LogP contribution is -1.97. The molecule has 26 heavy (non-hydrogen) atoms. The second kappa shape index (κ2) is 7.92. The molecule has 3 aromatic rings. The van der Waals surface area contributed by atoms with Gasteiger partial charge in [-0.2, -0.15) is 0 Å². The molecular formula is C18H17N3O4S. The number of nitro benzene ring substituents is 1. The highest BCUT2D eigenvalue weighted by Crippen LogP contribution is 2.31. The predicted octanol–water partition coefficient (Wildman–Crippen LogP) is 4.09. The molecular weight excluding hydrogens is 354 g/mol. The van der Waals surface area contributed by atoms with E-state index in [1.165, 1.54) is 23.9 Å². The topological polar surface area (TPSA) is 79.4 Å². The van der Waals surface area contributed by atoms with E-state index in [1.807, 2.05) is 35.0 Å². The fraction of sp³-hybridized carbons (Fsp3) is 0.167. The van der Waals surface area contributed by atoms with Gasteiger partial charge in [0, 0.05) is 41.9 Å². The summed E-state index contributed by atoms with van der Waals surface area (Å²) in [5, 5.41) is 11.8. The Morgan fingerprint density at radius 1 is 1.19 bits per heavy atom. The molecule has 0 amide bonds. The Morgan fingerprint density at radius 2 is 2.04 bits per heavy atom. The minimum atomic E-state index is -0.412. The van der Waals surface area contributed by atoms with E-state index in [-0.39, 0.29) is 5.69 Å². The Morgan fingerprint density at radius 3 is 2.77 bits per heavy atom. The van der Waals surface area contributed by atoms with Crippen molar-refractivity contribution < 1.29 is 14.4 Å². The lowest BCUT2D eigenvalue weighted by Gasteiger charge is -2.10. The van der Waals surface area contributed by atoms with Gasteiger partial charge in [0.1, 0.15) is 11.5 Å². The van der Waals surface area contributed by atoms with Crippen LogP contribution in [0.3, 0.4) is 0 Å². The van der Waals surface area contributed by atoms with Crippen LogP contribution in [-0.4, -0.2) is 28.7 Å². The summed E-state index contributed by atoms with van der Waals surface area (Å²) in [5.74, 6) is 1.86. The molecule has 0 atom stereocenters. The lowest BCUT2D eigenvalue weighted by molar-refractivity contribution is -0.384. The summed E-state index contributed by atoms with van der Waals surface area (Å²) in [6.07, 6.45) is 3.58. The van der Waals surface area contributed by atoms with Crippen molar-refractivity contribution in [3.63, 3.8) is 0 Å². The van der Waals surface area contributed by atoms with E-state index in [1.54, 1.807) is 26.5 Å². The molecule has 0 bridgehead atoms. The molecule has 0 radical (unpaired) electrons. The van der Waals surface area contributed by atoms with Crippen LogP contribution in [0, 0.1) is 10.1 Å². The molecule has 0 saturated heterocycles. The average molecular weight is 371 g/mol. The van der Waals surface area contributed by atoms with Crippen LogP contribution < -0.4 is 9.47 Å². The van der Waals surface area contributed by atoms with Crippen molar-refractivity contribution in [1.29, 1.82) is 0 Å². The molecule has 1 aromatic heterocycles. The summed E-state index contributed by atoms with van der Waals surface area (Å²) in [7, 11) is 3.17. The van der Waals surface area contributed by atoms with E-state index in [0.717, 1.165) is 22.2 Å². The molecule has 3 rings (SSSR count). The number of nitrogens with zero attached hydrogens (tertiary/aromatic N) is 3. The maximum absolute atomic E-state index is 11.0. The number of aromatic nitrogens is 2. The first-order chi connectivity index (χ1) is 12.6. The van der Waals surface area contributed by atoms with Gasteiger partial charge in [-0.15, -0.1) is 0 Å². The van der Waals surface area contributed by atoms with Gasteiger partial charge in [-0.3, -0.25) is 14.7 Å². The second-order valence-electron chi connectivity index (χ2n) is 5.32. The molecule has 0 fully saturated rings. The third-order valence-corrected chi connectivity index (χ3v) is 4.79. The van der Waals surface area contributed by atoms with Crippen molar-refractivity contribution in [2.24, 2.45) is 0 Å². The van der Waals surface area contributed by atoms with Crippen LogP contribution in [0.1, 0.15) is 5.56 Å². The number of benzene rings is 2. The van der Waals surface area contributed by atoms with E-state index in [0.29, 0.717) is 11.5 Å². The number of nitro groups is 1. The van der Waals surface area contributed by atoms with Crippen molar-refractivity contribution in [2.45, 2.75) is 10.9 Å². The number of rotatable bonds is 7. The van der Waals surface area contributed by atoms with Crippen LogP contribution in [0.25, 0.3) is 5.69 Å². The maximum Gasteiger partial charge on any atom is 0.270 e. The molecule has 2 aromatic carbocycles. The van der Waals surface area contributed by atoms with Gasteiger partial charge in [-0.1, -0.05) is 17.8 Å². The van der Waals surface area contributed by atoms with E-state index >= 15 is 0 Å². The van der Waals surface area contributed by atoms with Gasteiger partial charge in [-0.25, -0.2) is 4.98 Å². The fourth-order valence-electron chi connectivity index (χ4n) is 2.49. The number of hydrogen-bond donors (Lipinski definition) is 0. The van der Waals surface area contributed by atoms with E-state index in [2.05, 4.69) is 4.98 Å². The number of hydrogen-bond acceptors (Lipinski definition) is 6. The summed E-state index contributed by atoms with van der Waals surface area (Å²) < 4.78 is 12.5. The number of methoxy groups -OCH3 is 2. The Labute approximate surface area is 154 Å². The number of thioether (sulfide) groups is 1. The minimum absolute atomic E-state index is 0.0394. The average Bonchev–Trinajstić information content (AvgIpc) is 3.14. The molecule has 0 spiro atoms. The van der Waals surface area contributed by atoms with Gasteiger partial charge < -0.3 is 9.47 Å². The predicted molar refractivity (Wildman–Crippen MR) is 99.3 cm³/mol. The molecule has 7 nitrogen and oxygen atoms in total. The minimum Gasteiger partial charge on any atom is -0.497 e. The van der Waals surface area contributed by atoms with Crippen LogP contribution in [-0.2, 0) is 5.75 Å². The Hall–Kier alpha value is -3.00. The highest BCUT2D eigenvalue weighted by molar-refractivity contribution is 7.98. The van der Waals surface area contributed by atoms with Gasteiger partial charge in [0.15, 0.2) is 5.16 Å². The molecule has 1 heterocycles. The van der Waals surface area contributed by atoms with Crippen LogP contribution in [0.15, 0.2) is 60.0 Å². The Balaban J connectivity index is 1.84. The standard InChI is InChI=1S/C18H17N3O4S/c1-24-16-5-3-4-14(11-16)20-9-8-19-18(20)26-12-13-10-15(21(22)23)6-7-17(13)25-2/h3-11H,12H2,1-2H3. The third kappa shape index (κ3) is 3.80. The Kier molecular flexibility index (Phi) is 5.43. The quantitative estimate of drug-likeness (QED) is 0.354. The van der Waals surface area contributed by atoms with Crippen molar-refractivity contribution in [1.82, 2.24) is 9.55 Å². The van der Waals surface area contributed by atoms with Crippen molar-refractivity contribution >= 4 is 17.4 Å². The smallest absolute Gasteiger partial charge is 0.270 e.